The number of carboxylic acids is 1. The van der Waals surface area contributed by atoms with Crippen molar-refractivity contribution in [2.45, 2.75) is 160 Å². The Morgan fingerprint density at radius 2 is 1.37 bits per heavy atom. The quantitative estimate of drug-likeness (QED) is 0.0652. The number of carboxylic acid groups (broad SMARTS) is 1. The first-order valence-electron chi connectivity index (χ1n) is 23.4. The predicted octanol–water partition coefficient (Wildman–Crippen LogP) is 1.72. The van der Waals surface area contributed by atoms with E-state index in [-0.39, 0.29) is 101 Å². The van der Waals surface area contributed by atoms with E-state index in [1.807, 2.05) is 71.9 Å². The Bertz CT molecular complexity index is 1960. The average Bonchev–Trinajstić information content (AvgIpc) is 3.49. The van der Waals surface area contributed by atoms with Gasteiger partial charge >= 0.3 is 11.9 Å². The maximum Gasteiger partial charge on any atom is 0.326 e. The summed E-state index contributed by atoms with van der Waals surface area (Å²) in [6.07, 6.45) is 0.503. The minimum absolute atomic E-state index is 0.00691. The number of piperidine rings is 1. The Morgan fingerprint density at radius 1 is 0.779 bits per heavy atom. The lowest BCUT2D eigenvalue weighted by Crippen LogP contribution is -2.58. The van der Waals surface area contributed by atoms with E-state index in [1.54, 1.807) is 9.80 Å². The third kappa shape index (κ3) is 18.2. The number of hydrogen-bond donors (Lipinski definition) is 7. The highest BCUT2D eigenvalue weighted by atomic mass is 32.2. The van der Waals surface area contributed by atoms with Crippen LogP contribution in [0, 0.1) is 17.8 Å². The molecule has 8 amide bonds. The van der Waals surface area contributed by atoms with E-state index in [0.717, 1.165) is 5.56 Å². The molecule has 2 heterocycles. The Morgan fingerprint density at radius 3 is 1.93 bits per heavy atom. The number of likely N-dealkylation sites (tertiary alicyclic amines) is 1. The molecule has 6 atom stereocenters. The van der Waals surface area contributed by atoms with Gasteiger partial charge in [-0.15, -0.1) is 11.8 Å². The topological polar surface area (TPSA) is 293 Å². The number of nitrogens with one attached hydrogen (secondary N) is 5. The third-order valence-corrected chi connectivity index (χ3v) is 13.3. The molecule has 0 bridgehead atoms. The number of nitrogens with zero attached hydrogens (tertiary/aromatic N) is 2. The van der Waals surface area contributed by atoms with Gasteiger partial charge in [0.05, 0.1) is 28.6 Å². The van der Waals surface area contributed by atoms with Crippen molar-refractivity contribution in [3.8, 4) is 0 Å². The Labute approximate surface area is 403 Å². The largest absolute Gasteiger partial charge is 0.480 e. The van der Waals surface area contributed by atoms with Gasteiger partial charge in [-0.25, -0.2) is 4.79 Å². The molecule has 0 saturated carbocycles. The predicted molar refractivity (Wildman–Crippen MR) is 253 cm³/mol. The van der Waals surface area contributed by atoms with Gasteiger partial charge in [0.1, 0.15) is 24.7 Å². The van der Waals surface area contributed by atoms with Crippen molar-refractivity contribution >= 4 is 71.0 Å². The molecule has 2 aliphatic rings. The molecule has 21 heteroatoms. The van der Waals surface area contributed by atoms with E-state index in [2.05, 4.69) is 26.6 Å². The molecule has 1 aromatic rings. The number of thioether (sulfide) groups is 1. The summed E-state index contributed by atoms with van der Waals surface area (Å²) in [5.74, 6) is -6.52. The number of esters is 1. The van der Waals surface area contributed by atoms with Gasteiger partial charge in [0.2, 0.25) is 47.3 Å². The first-order chi connectivity index (χ1) is 31.9. The van der Waals surface area contributed by atoms with Gasteiger partial charge in [0.15, 0.2) is 0 Å². The molecular weight excluding hydrogens is 901 g/mol. The SMILES string of the molecule is CC(=O)NC(=O)C(CCC(N)=O)NC(CC(C)C)C(=O)N1CCC2(CC1)SC(CC(=O)NC(CC(C)C)C(=O)NC(C)C(=O)NC(CC(C)C)C(=O)O)C(=O)N2CCC(=O)OCc1ccccc1. The number of carbonyl (C=O) groups excluding carboxylic acids is 9. The number of rotatable bonds is 26. The van der Waals surface area contributed by atoms with Crippen LogP contribution >= 0.6 is 11.8 Å². The lowest BCUT2D eigenvalue weighted by molar-refractivity contribution is -0.147. The Kier molecular flexibility index (Phi) is 22.4. The summed E-state index contributed by atoms with van der Waals surface area (Å²) >= 11 is 1.26. The van der Waals surface area contributed by atoms with Crippen molar-refractivity contribution in [3.05, 3.63) is 35.9 Å². The maximum absolute atomic E-state index is 14.4. The van der Waals surface area contributed by atoms with Crippen LogP contribution in [0.2, 0.25) is 0 Å². The Hall–Kier alpha value is -5.57. The van der Waals surface area contributed by atoms with Crippen LogP contribution in [0.15, 0.2) is 30.3 Å². The third-order valence-electron chi connectivity index (χ3n) is 11.5. The second-order valence-corrected chi connectivity index (χ2v) is 20.5. The van der Waals surface area contributed by atoms with E-state index in [9.17, 15) is 53.1 Å². The summed E-state index contributed by atoms with van der Waals surface area (Å²) in [5.41, 5.74) is 6.15. The first kappa shape index (κ1) is 56.8. The summed E-state index contributed by atoms with van der Waals surface area (Å²) < 4.78 is 5.51. The molecule has 0 radical (unpaired) electrons. The number of amides is 8. The van der Waals surface area contributed by atoms with Crippen molar-refractivity contribution in [1.29, 1.82) is 0 Å². The molecule has 20 nitrogen and oxygen atoms in total. The van der Waals surface area contributed by atoms with Crippen LogP contribution in [0.3, 0.4) is 0 Å². The molecule has 2 saturated heterocycles. The molecule has 8 N–H and O–H groups in total. The number of primary amides is 1. The van der Waals surface area contributed by atoms with Crippen LogP contribution < -0.4 is 32.3 Å². The number of nitrogens with two attached hydrogens (primary N) is 1. The van der Waals surface area contributed by atoms with Gasteiger partial charge in [-0.1, -0.05) is 71.9 Å². The van der Waals surface area contributed by atoms with Gasteiger partial charge in [-0.05, 0) is 68.8 Å². The molecule has 0 aromatic heterocycles. The van der Waals surface area contributed by atoms with Crippen LogP contribution in [-0.2, 0) is 59.3 Å². The summed E-state index contributed by atoms with van der Waals surface area (Å²) in [4.78, 5) is 132. The number of benzene rings is 1. The normalized spacial score (nSPS) is 17.8. The van der Waals surface area contributed by atoms with Gasteiger partial charge in [-0.2, -0.15) is 0 Å². The van der Waals surface area contributed by atoms with E-state index in [1.165, 1.54) is 25.6 Å². The molecule has 0 aliphatic carbocycles. The highest BCUT2D eigenvalue weighted by molar-refractivity contribution is 8.02. The fourth-order valence-corrected chi connectivity index (χ4v) is 9.90. The molecule has 1 spiro atoms. The van der Waals surface area contributed by atoms with E-state index in [0.29, 0.717) is 6.42 Å². The summed E-state index contributed by atoms with van der Waals surface area (Å²) in [6, 6.07) is 3.75. The van der Waals surface area contributed by atoms with E-state index < -0.39 is 93.6 Å². The minimum Gasteiger partial charge on any atom is -0.480 e. The molecule has 68 heavy (non-hydrogen) atoms. The lowest BCUT2D eigenvalue weighted by atomic mass is 9.97. The van der Waals surface area contributed by atoms with Gasteiger partial charge in [0.25, 0.3) is 0 Å². The average molecular weight is 973 g/mol. The van der Waals surface area contributed by atoms with Crippen LogP contribution in [0.1, 0.15) is 119 Å². The van der Waals surface area contributed by atoms with Crippen LogP contribution in [0.5, 0.6) is 0 Å². The molecule has 2 fully saturated rings. The molecule has 1 aromatic carbocycles. The standard InChI is InChI=1S/C47H72N8O12S/c1-27(2)22-34(43(62)49-30(7)41(60)53-36(46(65)66)24-29(5)6)52-39(58)25-37-45(64)55(19-16-40(59)67-26-32-12-10-9-11-13-32)47(68-37)17-20-54(21-18-47)44(63)35(23-28(3)4)51-33(14-15-38(48)57)42(61)50-31(8)56/h9-13,27-30,33-37,51H,14-26H2,1-8H3,(H2,48,57)(H,49,62)(H,52,58)(H,53,60)(H,65,66)(H,50,56,61). The second-order valence-electron chi connectivity index (χ2n) is 18.9. The summed E-state index contributed by atoms with van der Waals surface area (Å²) in [5, 5.41) is 21.7. The number of hydrogen-bond acceptors (Lipinski definition) is 13. The zero-order chi connectivity index (χ0) is 50.9. The fourth-order valence-electron chi connectivity index (χ4n) is 8.18. The maximum atomic E-state index is 14.4. The number of ether oxygens (including phenoxy) is 1. The van der Waals surface area contributed by atoms with Crippen molar-refractivity contribution < 1.29 is 57.8 Å². The lowest BCUT2D eigenvalue weighted by Gasteiger charge is -2.45. The van der Waals surface area contributed by atoms with Crippen molar-refractivity contribution in [2.24, 2.45) is 23.5 Å². The zero-order valence-corrected chi connectivity index (χ0v) is 41.4. The van der Waals surface area contributed by atoms with Crippen molar-refractivity contribution in [2.75, 3.05) is 19.6 Å². The van der Waals surface area contributed by atoms with Gasteiger partial charge in [0, 0.05) is 39.4 Å². The van der Waals surface area contributed by atoms with Crippen LogP contribution in [0.25, 0.3) is 0 Å². The Balaban J connectivity index is 1.81. The molecule has 378 valence electrons. The van der Waals surface area contributed by atoms with Crippen LogP contribution in [0.4, 0.5) is 0 Å². The monoisotopic (exact) mass is 972 g/mol. The van der Waals surface area contributed by atoms with Gasteiger partial charge in [-0.3, -0.25) is 53.8 Å². The summed E-state index contributed by atoms with van der Waals surface area (Å²) in [6.45, 7) is 14.1. The van der Waals surface area contributed by atoms with E-state index in [4.69, 9.17) is 10.5 Å². The second kappa shape index (κ2) is 26.8. The number of carbonyl (C=O) groups is 10. The highest BCUT2D eigenvalue weighted by Crippen LogP contribution is 2.49. The minimum atomic E-state index is -1.21. The summed E-state index contributed by atoms with van der Waals surface area (Å²) in [7, 11) is 0. The van der Waals surface area contributed by atoms with E-state index >= 15 is 0 Å². The molecule has 2 aliphatic heterocycles. The number of aliphatic carboxylic acids is 1. The molecule has 6 unspecified atom stereocenters. The molecular formula is C47H72N8O12S. The zero-order valence-electron chi connectivity index (χ0n) is 40.6. The molecule has 3 rings (SSSR count). The van der Waals surface area contributed by atoms with Crippen LogP contribution in [-0.4, -0.2) is 134 Å². The fraction of sp³-hybridized carbons (Fsp3) is 0.660. The van der Waals surface area contributed by atoms with Crippen molar-refractivity contribution in [3.63, 3.8) is 0 Å². The van der Waals surface area contributed by atoms with Crippen molar-refractivity contribution in [1.82, 2.24) is 36.4 Å². The highest BCUT2D eigenvalue weighted by Gasteiger charge is 2.54. The smallest absolute Gasteiger partial charge is 0.326 e. The van der Waals surface area contributed by atoms with Gasteiger partial charge < -0.3 is 41.3 Å². The number of imide groups is 1. The first-order valence-corrected chi connectivity index (χ1v) is 24.3.